The normalized spacial score (nSPS) is 14.3. The van der Waals surface area contributed by atoms with Crippen LogP contribution < -0.4 is 16.4 Å². The number of halogens is 4. The zero-order valence-electron chi connectivity index (χ0n) is 12.5. The molecule has 0 fully saturated rings. The van der Waals surface area contributed by atoms with Gasteiger partial charge in [-0.05, 0) is 35.4 Å². The van der Waals surface area contributed by atoms with E-state index in [1.165, 1.54) is 6.07 Å². The Labute approximate surface area is 141 Å². The van der Waals surface area contributed by atoms with Crippen molar-refractivity contribution in [1.29, 1.82) is 0 Å². The number of fused-ring (bicyclic) bond motifs is 1. The molecule has 0 atom stereocenters. The van der Waals surface area contributed by atoms with Gasteiger partial charge in [-0.3, -0.25) is 0 Å². The number of benzene rings is 1. The first-order valence-electron chi connectivity index (χ1n) is 7.29. The number of hydrogen-bond donors (Lipinski definition) is 3. The van der Waals surface area contributed by atoms with Crippen LogP contribution in [0.5, 0.6) is 0 Å². The standard InChI is InChI=1S/C15H15ClF3N5/c16-14-23-12-1-2-21-7-11(12)13(24-14)22-6-8-3-9(15(17,18)19)5-10(20)4-8/h3-5,21H,1-2,6-7,20H2,(H,22,23,24). The lowest BCUT2D eigenvalue weighted by Crippen LogP contribution is -2.26. The highest BCUT2D eigenvalue weighted by molar-refractivity contribution is 6.28. The SMILES string of the molecule is Nc1cc(CNc2nc(Cl)nc3c2CNCC3)cc(C(F)(F)F)c1. The second kappa shape index (κ2) is 6.45. The molecule has 24 heavy (non-hydrogen) atoms. The van der Waals surface area contributed by atoms with Crippen molar-refractivity contribution < 1.29 is 13.2 Å². The second-order valence-electron chi connectivity index (χ2n) is 5.51. The van der Waals surface area contributed by atoms with Crippen LogP contribution in [-0.4, -0.2) is 16.5 Å². The second-order valence-corrected chi connectivity index (χ2v) is 5.85. The van der Waals surface area contributed by atoms with E-state index in [0.29, 0.717) is 17.9 Å². The Balaban J connectivity index is 1.84. The Hall–Kier alpha value is -2.06. The summed E-state index contributed by atoms with van der Waals surface area (Å²) in [5.74, 6) is 0.521. The average molecular weight is 358 g/mol. The van der Waals surface area contributed by atoms with E-state index in [-0.39, 0.29) is 17.5 Å². The molecule has 9 heteroatoms. The highest BCUT2D eigenvalue weighted by atomic mass is 35.5. The lowest BCUT2D eigenvalue weighted by Gasteiger charge is -2.20. The summed E-state index contributed by atoms with van der Waals surface area (Å²) < 4.78 is 38.6. The van der Waals surface area contributed by atoms with E-state index in [1.54, 1.807) is 0 Å². The van der Waals surface area contributed by atoms with Gasteiger partial charge in [-0.15, -0.1) is 0 Å². The van der Waals surface area contributed by atoms with E-state index in [4.69, 9.17) is 17.3 Å². The van der Waals surface area contributed by atoms with Crippen LogP contribution in [0.3, 0.4) is 0 Å². The molecule has 1 aromatic heterocycles. The van der Waals surface area contributed by atoms with Gasteiger partial charge in [0.2, 0.25) is 5.28 Å². The molecule has 1 aromatic carbocycles. The Morgan fingerprint density at radius 1 is 1.25 bits per heavy atom. The van der Waals surface area contributed by atoms with Crippen LogP contribution in [0, 0.1) is 0 Å². The summed E-state index contributed by atoms with van der Waals surface area (Å²) in [4.78, 5) is 8.34. The molecule has 1 aliphatic heterocycles. The first-order chi connectivity index (χ1) is 11.3. The molecule has 1 aliphatic rings. The van der Waals surface area contributed by atoms with Crippen LogP contribution in [0.25, 0.3) is 0 Å². The number of nitrogens with one attached hydrogen (secondary N) is 2. The molecular weight excluding hydrogens is 343 g/mol. The van der Waals surface area contributed by atoms with Gasteiger partial charge in [0.25, 0.3) is 0 Å². The Kier molecular flexibility index (Phi) is 4.51. The topological polar surface area (TPSA) is 75.9 Å². The Morgan fingerprint density at radius 2 is 2.04 bits per heavy atom. The number of nitrogens with zero attached hydrogens (tertiary/aromatic N) is 2. The Morgan fingerprint density at radius 3 is 2.79 bits per heavy atom. The molecule has 2 heterocycles. The maximum absolute atomic E-state index is 12.9. The van der Waals surface area contributed by atoms with Gasteiger partial charge in [0.1, 0.15) is 5.82 Å². The lowest BCUT2D eigenvalue weighted by molar-refractivity contribution is -0.137. The average Bonchev–Trinajstić information content (AvgIpc) is 2.51. The minimum Gasteiger partial charge on any atom is -0.399 e. The van der Waals surface area contributed by atoms with Crippen molar-refractivity contribution in [2.45, 2.75) is 25.7 Å². The fraction of sp³-hybridized carbons (Fsp3) is 0.333. The van der Waals surface area contributed by atoms with Crippen LogP contribution >= 0.6 is 11.6 Å². The van der Waals surface area contributed by atoms with Crippen molar-refractivity contribution in [3.05, 3.63) is 45.9 Å². The molecule has 0 aliphatic carbocycles. The molecule has 128 valence electrons. The predicted molar refractivity (Wildman–Crippen MR) is 85.6 cm³/mol. The number of aromatic nitrogens is 2. The summed E-state index contributed by atoms with van der Waals surface area (Å²) in [7, 11) is 0. The van der Waals surface area contributed by atoms with Crippen molar-refractivity contribution in [3.63, 3.8) is 0 Å². The van der Waals surface area contributed by atoms with Gasteiger partial charge in [-0.2, -0.15) is 13.2 Å². The van der Waals surface area contributed by atoms with Crippen LogP contribution in [0.1, 0.15) is 22.4 Å². The van der Waals surface area contributed by atoms with E-state index >= 15 is 0 Å². The van der Waals surface area contributed by atoms with Gasteiger partial charge in [-0.25, -0.2) is 9.97 Å². The van der Waals surface area contributed by atoms with Crippen molar-refractivity contribution in [3.8, 4) is 0 Å². The molecule has 0 saturated heterocycles. The molecule has 3 rings (SSSR count). The number of nitrogen functional groups attached to an aromatic ring is 1. The molecule has 0 bridgehead atoms. The number of alkyl halides is 3. The minimum absolute atomic E-state index is 0.0611. The summed E-state index contributed by atoms with van der Waals surface area (Å²) >= 11 is 5.92. The zero-order valence-corrected chi connectivity index (χ0v) is 13.3. The number of hydrogen-bond acceptors (Lipinski definition) is 5. The monoisotopic (exact) mass is 357 g/mol. The van der Waals surface area contributed by atoms with Crippen molar-refractivity contribution in [2.24, 2.45) is 0 Å². The molecule has 0 amide bonds. The first kappa shape index (κ1) is 16.8. The molecule has 0 spiro atoms. The first-order valence-corrected chi connectivity index (χ1v) is 7.67. The van der Waals surface area contributed by atoms with Gasteiger partial charge in [0, 0.05) is 37.3 Å². The van der Waals surface area contributed by atoms with Crippen LogP contribution in [0.4, 0.5) is 24.7 Å². The maximum atomic E-state index is 12.9. The van der Waals surface area contributed by atoms with Crippen molar-refractivity contribution in [1.82, 2.24) is 15.3 Å². The fourth-order valence-corrected chi connectivity index (χ4v) is 2.82. The highest BCUT2D eigenvalue weighted by Gasteiger charge is 2.31. The molecule has 0 saturated carbocycles. The summed E-state index contributed by atoms with van der Waals surface area (Å²) in [5, 5.41) is 6.36. The molecule has 5 nitrogen and oxygen atoms in total. The predicted octanol–water partition coefficient (Wildman–Crippen LogP) is 2.99. The smallest absolute Gasteiger partial charge is 0.399 e. The summed E-state index contributed by atoms with van der Waals surface area (Å²) in [6.45, 7) is 1.53. The molecule has 0 unspecified atom stereocenters. The molecule has 4 N–H and O–H groups in total. The van der Waals surface area contributed by atoms with Gasteiger partial charge in [0.05, 0.1) is 11.3 Å². The number of anilines is 2. The van der Waals surface area contributed by atoms with Crippen LogP contribution in [-0.2, 0) is 25.7 Å². The van der Waals surface area contributed by atoms with Crippen molar-refractivity contribution >= 4 is 23.1 Å². The third-order valence-electron chi connectivity index (χ3n) is 3.71. The number of rotatable bonds is 3. The molecule has 0 radical (unpaired) electrons. The van der Waals surface area contributed by atoms with Crippen molar-refractivity contribution in [2.75, 3.05) is 17.6 Å². The molecule has 2 aromatic rings. The van der Waals surface area contributed by atoms with E-state index in [0.717, 1.165) is 36.4 Å². The van der Waals surface area contributed by atoms with E-state index < -0.39 is 11.7 Å². The quantitative estimate of drug-likeness (QED) is 0.581. The molecular formula is C15H15ClF3N5. The number of nitrogens with two attached hydrogens (primary N) is 1. The fourth-order valence-electron chi connectivity index (χ4n) is 2.63. The van der Waals surface area contributed by atoms with Gasteiger partial charge in [-0.1, -0.05) is 0 Å². The highest BCUT2D eigenvalue weighted by Crippen LogP contribution is 2.31. The zero-order chi connectivity index (χ0) is 17.3. The summed E-state index contributed by atoms with van der Waals surface area (Å²) in [6, 6.07) is 3.48. The Bertz CT molecular complexity index is 764. The third kappa shape index (κ3) is 3.70. The van der Waals surface area contributed by atoms with E-state index in [2.05, 4.69) is 20.6 Å². The van der Waals surface area contributed by atoms with Gasteiger partial charge < -0.3 is 16.4 Å². The summed E-state index contributed by atoms with van der Waals surface area (Å²) in [5.41, 5.74) is 7.00. The van der Waals surface area contributed by atoms with Gasteiger partial charge >= 0.3 is 6.18 Å². The van der Waals surface area contributed by atoms with Crippen LogP contribution in [0.2, 0.25) is 5.28 Å². The van der Waals surface area contributed by atoms with E-state index in [1.807, 2.05) is 0 Å². The summed E-state index contributed by atoms with van der Waals surface area (Å²) in [6.07, 6.45) is -3.71. The largest absolute Gasteiger partial charge is 0.416 e. The lowest BCUT2D eigenvalue weighted by atomic mass is 10.1. The third-order valence-corrected chi connectivity index (χ3v) is 3.88. The van der Waals surface area contributed by atoms with Crippen LogP contribution in [0.15, 0.2) is 18.2 Å². The maximum Gasteiger partial charge on any atom is 0.416 e. The minimum atomic E-state index is -4.44. The van der Waals surface area contributed by atoms with Gasteiger partial charge in [0.15, 0.2) is 0 Å². The van der Waals surface area contributed by atoms with E-state index in [9.17, 15) is 13.2 Å².